The third kappa shape index (κ3) is 2.44. The van der Waals surface area contributed by atoms with Gasteiger partial charge in [0.2, 0.25) is 0 Å². The standard InChI is InChI=1S/C16H24N4OS/c1-10(2)13-11-7-12(22-15(11)19(4)18-13)14(21)20-6-5-16(3,8-17)9-20/h7,10H,5-6,8-9,17H2,1-4H3. The number of nitrogens with two attached hydrogens (primary N) is 1. The van der Waals surface area contributed by atoms with Crippen LogP contribution in [0.5, 0.6) is 0 Å². The quantitative estimate of drug-likeness (QED) is 0.945. The van der Waals surface area contributed by atoms with Crippen molar-refractivity contribution in [3.8, 4) is 0 Å². The lowest BCUT2D eigenvalue weighted by Crippen LogP contribution is -2.34. The highest BCUT2D eigenvalue weighted by molar-refractivity contribution is 7.20. The van der Waals surface area contributed by atoms with E-state index in [4.69, 9.17) is 5.73 Å². The summed E-state index contributed by atoms with van der Waals surface area (Å²) in [5, 5.41) is 5.69. The first-order valence-electron chi connectivity index (χ1n) is 7.80. The van der Waals surface area contributed by atoms with Crippen LogP contribution in [0.15, 0.2) is 6.07 Å². The van der Waals surface area contributed by atoms with E-state index in [1.54, 1.807) is 11.3 Å². The Morgan fingerprint density at radius 3 is 2.86 bits per heavy atom. The lowest BCUT2D eigenvalue weighted by Gasteiger charge is -2.22. The second-order valence-electron chi connectivity index (χ2n) is 6.98. The van der Waals surface area contributed by atoms with Gasteiger partial charge in [0.05, 0.1) is 10.6 Å². The Morgan fingerprint density at radius 2 is 2.27 bits per heavy atom. The Kier molecular flexibility index (Phi) is 3.77. The van der Waals surface area contributed by atoms with Gasteiger partial charge in [0.15, 0.2) is 0 Å². The molecule has 1 unspecified atom stereocenters. The SMILES string of the molecule is CC(C)c1nn(C)c2sc(C(=O)N3CCC(C)(CN)C3)cc12. The smallest absolute Gasteiger partial charge is 0.264 e. The van der Waals surface area contributed by atoms with Gasteiger partial charge in [-0.2, -0.15) is 5.10 Å². The molecular formula is C16H24N4OS. The first-order valence-corrected chi connectivity index (χ1v) is 8.62. The average molecular weight is 320 g/mol. The van der Waals surface area contributed by atoms with E-state index < -0.39 is 0 Å². The molecule has 2 aromatic rings. The minimum Gasteiger partial charge on any atom is -0.337 e. The van der Waals surface area contributed by atoms with Crippen molar-refractivity contribution in [2.45, 2.75) is 33.1 Å². The molecule has 0 aliphatic carbocycles. The minimum atomic E-state index is 0.0665. The Morgan fingerprint density at radius 1 is 1.55 bits per heavy atom. The molecule has 1 amide bonds. The minimum absolute atomic E-state index is 0.0665. The number of fused-ring (bicyclic) bond motifs is 1. The number of aromatic nitrogens is 2. The van der Waals surface area contributed by atoms with Crippen molar-refractivity contribution in [1.29, 1.82) is 0 Å². The number of hydrogen-bond acceptors (Lipinski definition) is 4. The van der Waals surface area contributed by atoms with E-state index in [0.717, 1.165) is 40.3 Å². The van der Waals surface area contributed by atoms with Crippen LogP contribution in [-0.2, 0) is 7.05 Å². The fourth-order valence-corrected chi connectivity index (χ4v) is 4.17. The molecule has 0 aromatic carbocycles. The van der Waals surface area contributed by atoms with Crippen LogP contribution in [0, 0.1) is 5.41 Å². The van der Waals surface area contributed by atoms with Crippen LogP contribution in [0.25, 0.3) is 10.2 Å². The highest BCUT2D eigenvalue weighted by Gasteiger charge is 2.35. The van der Waals surface area contributed by atoms with E-state index in [-0.39, 0.29) is 11.3 Å². The second kappa shape index (κ2) is 5.35. The molecule has 22 heavy (non-hydrogen) atoms. The number of carbonyl (C=O) groups is 1. The molecule has 120 valence electrons. The van der Waals surface area contributed by atoms with E-state index in [9.17, 15) is 4.79 Å². The maximum Gasteiger partial charge on any atom is 0.264 e. The van der Waals surface area contributed by atoms with Crippen LogP contribution in [-0.4, -0.2) is 40.2 Å². The van der Waals surface area contributed by atoms with Gasteiger partial charge in [0.25, 0.3) is 5.91 Å². The number of carbonyl (C=O) groups excluding carboxylic acids is 1. The predicted molar refractivity (Wildman–Crippen MR) is 90.4 cm³/mol. The van der Waals surface area contributed by atoms with Crippen LogP contribution >= 0.6 is 11.3 Å². The molecule has 1 aliphatic heterocycles. The first kappa shape index (κ1) is 15.5. The molecule has 0 bridgehead atoms. The van der Waals surface area contributed by atoms with Gasteiger partial charge >= 0.3 is 0 Å². The highest BCUT2D eigenvalue weighted by atomic mass is 32.1. The monoisotopic (exact) mass is 320 g/mol. The zero-order chi connectivity index (χ0) is 16.1. The van der Waals surface area contributed by atoms with Crippen molar-refractivity contribution < 1.29 is 4.79 Å². The summed E-state index contributed by atoms with van der Waals surface area (Å²) in [6.45, 7) is 8.61. The molecule has 3 heterocycles. The summed E-state index contributed by atoms with van der Waals surface area (Å²) < 4.78 is 1.89. The topological polar surface area (TPSA) is 64.2 Å². The molecule has 1 aliphatic rings. The molecule has 1 saturated heterocycles. The Labute approximate surface area is 135 Å². The maximum atomic E-state index is 12.8. The number of amides is 1. The molecule has 1 fully saturated rings. The summed E-state index contributed by atoms with van der Waals surface area (Å²) in [7, 11) is 1.94. The van der Waals surface area contributed by atoms with E-state index >= 15 is 0 Å². The van der Waals surface area contributed by atoms with Crippen LogP contribution in [0.4, 0.5) is 0 Å². The van der Waals surface area contributed by atoms with Crippen LogP contribution in [0.2, 0.25) is 0 Å². The van der Waals surface area contributed by atoms with Gasteiger partial charge in [-0.25, -0.2) is 0 Å². The van der Waals surface area contributed by atoms with Crippen LogP contribution in [0.3, 0.4) is 0 Å². The van der Waals surface area contributed by atoms with Gasteiger partial charge in [-0.1, -0.05) is 20.8 Å². The predicted octanol–water partition coefficient (Wildman–Crippen LogP) is 2.57. The summed E-state index contributed by atoms with van der Waals surface area (Å²) in [4.78, 5) is 16.6. The third-order valence-electron chi connectivity index (χ3n) is 4.64. The van der Waals surface area contributed by atoms with Crippen molar-refractivity contribution in [1.82, 2.24) is 14.7 Å². The number of likely N-dealkylation sites (tertiary alicyclic amines) is 1. The average Bonchev–Trinajstić information content (AvgIpc) is 3.14. The fraction of sp³-hybridized carbons (Fsp3) is 0.625. The van der Waals surface area contributed by atoms with Crippen molar-refractivity contribution in [2.75, 3.05) is 19.6 Å². The van der Waals surface area contributed by atoms with Crippen molar-refractivity contribution in [2.24, 2.45) is 18.2 Å². The number of rotatable bonds is 3. The van der Waals surface area contributed by atoms with E-state index in [2.05, 4.69) is 25.9 Å². The van der Waals surface area contributed by atoms with Gasteiger partial charge in [0.1, 0.15) is 4.83 Å². The van der Waals surface area contributed by atoms with Gasteiger partial charge < -0.3 is 10.6 Å². The van der Waals surface area contributed by atoms with Crippen LogP contribution < -0.4 is 5.73 Å². The molecule has 0 spiro atoms. The highest BCUT2D eigenvalue weighted by Crippen LogP contribution is 2.34. The normalized spacial score (nSPS) is 22.2. The molecule has 5 nitrogen and oxygen atoms in total. The first-order chi connectivity index (χ1) is 10.3. The van der Waals surface area contributed by atoms with Crippen molar-refractivity contribution in [3.05, 3.63) is 16.6 Å². The van der Waals surface area contributed by atoms with Crippen LogP contribution in [0.1, 0.15) is 48.5 Å². The third-order valence-corrected chi connectivity index (χ3v) is 5.83. The molecular weight excluding hydrogens is 296 g/mol. The largest absolute Gasteiger partial charge is 0.337 e. The Bertz CT molecular complexity index is 717. The lowest BCUT2D eigenvalue weighted by molar-refractivity contribution is 0.0782. The Hall–Kier alpha value is -1.40. The van der Waals surface area contributed by atoms with Gasteiger partial charge in [-0.15, -0.1) is 11.3 Å². The van der Waals surface area contributed by atoms with E-state index in [0.29, 0.717) is 12.5 Å². The van der Waals surface area contributed by atoms with Gasteiger partial charge in [-0.3, -0.25) is 9.48 Å². The molecule has 0 saturated carbocycles. The second-order valence-corrected chi connectivity index (χ2v) is 8.02. The summed E-state index contributed by atoms with van der Waals surface area (Å²) >= 11 is 1.54. The summed E-state index contributed by atoms with van der Waals surface area (Å²) in [5.41, 5.74) is 6.98. The van der Waals surface area contributed by atoms with Gasteiger partial charge in [-0.05, 0) is 30.4 Å². The number of thiophene rings is 1. The van der Waals surface area contributed by atoms with E-state index in [1.165, 1.54) is 0 Å². The maximum absolute atomic E-state index is 12.8. The molecule has 3 rings (SSSR count). The summed E-state index contributed by atoms with van der Waals surface area (Å²) in [5.74, 6) is 0.488. The van der Waals surface area contributed by atoms with Crippen molar-refractivity contribution in [3.63, 3.8) is 0 Å². The molecule has 2 N–H and O–H groups in total. The van der Waals surface area contributed by atoms with Gasteiger partial charge in [0, 0.05) is 25.5 Å². The lowest BCUT2D eigenvalue weighted by atomic mass is 9.90. The van der Waals surface area contributed by atoms with Crippen molar-refractivity contribution >= 4 is 27.5 Å². The number of hydrogen-bond donors (Lipinski definition) is 1. The molecule has 1 atom stereocenters. The molecule has 6 heteroatoms. The zero-order valence-corrected chi connectivity index (χ0v) is 14.5. The fourth-order valence-electron chi connectivity index (χ4n) is 3.12. The molecule has 0 radical (unpaired) electrons. The number of aryl methyl sites for hydroxylation is 1. The van der Waals surface area contributed by atoms with E-state index in [1.807, 2.05) is 22.7 Å². The summed E-state index contributed by atoms with van der Waals surface area (Å²) in [6, 6.07) is 2.02. The number of nitrogens with zero attached hydrogens (tertiary/aromatic N) is 3. The zero-order valence-electron chi connectivity index (χ0n) is 13.7. The summed E-state index contributed by atoms with van der Waals surface area (Å²) in [6.07, 6.45) is 0.985. The Balaban J connectivity index is 1.91. The molecule has 2 aromatic heterocycles.